The lowest BCUT2D eigenvalue weighted by molar-refractivity contribution is -0.124. The van der Waals surface area contributed by atoms with Crippen LogP contribution >= 0.6 is 0 Å². The van der Waals surface area contributed by atoms with Gasteiger partial charge in [0.25, 0.3) is 11.9 Å². The summed E-state index contributed by atoms with van der Waals surface area (Å²) in [6.45, 7) is 19.9. The lowest BCUT2D eigenvalue weighted by Gasteiger charge is -2.13. The molecule has 0 bridgehead atoms. The van der Waals surface area contributed by atoms with Crippen molar-refractivity contribution in [2.75, 3.05) is 13.6 Å². The van der Waals surface area contributed by atoms with Gasteiger partial charge in [-0.1, -0.05) is 12.1 Å². The Kier molecular flexibility index (Phi) is 11.5. The van der Waals surface area contributed by atoms with Crippen molar-refractivity contribution in [2.24, 2.45) is 0 Å². The van der Waals surface area contributed by atoms with Gasteiger partial charge in [-0.3, -0.25) is 4.79 Å². The molecule has 1 amide bonds. The van der Waals surface area contributed by atoms with Gasteiger partial charge in [0.15, 0.2) is 0 Å². The third-order valence-corrected chi connectivity index (χ3v) is 5.82. The molecule has 39 heavy (non-hydrogen) atoms. The summed E-state index contributed by atoms with van der Waals surface area (Å²) in [5.74, 6) is 2.15. The van der Waals surface area contributed by atoms with Crippen molar-refractivity contribution in [1.29, 1.82) is 0 Å². The number of hydroxylamine groups is 1. The van der Waals surface area contributed by atoms with Crippen LogP contribution in [0.2, 0.25) is 0 Å². The molecule has 216 valence electrons. The lowest BCUT2D eigenvalue weighted by Crippen LogP contribution is -2.21. The van der Waals surface area contributed by atoms with E-state index in [-0.39, 0.29) is 35.9 Å². The standard InChI is InChI=1S/C13H14O3.C9H15NO2.C8H15NO2/c1-8(2)15-12-9(3)13(14)16-11-7-5-4-6-10(11)12;1-6(2)12-8-5-10(4)9(11)7(8)3;1-5(2)10-8-6(3)7(4)9-11-8/h4-8H,1-3H3;6H,5H2,1-4H3;5,7,9H,1-4H3. The number of rotatable bonds is 6. The molecule has 0 fully saturated rings. The Morgan fingerprint density at radius 2 is 1.51 bits per heavy atom. The van der Waals surface area contributed by atoms with Crippen LogP contribution < -0.4 is 15.8 Å². The van der Waals surface area contributed by atoms with Crippen LogP contribution in [0.25, 0.3) is 11.0 Å². The van der Waals surface area contributed by atoms with Gasteiger partial charge in [-0.2, -0.15) is 0 Å². The van der Waals surface area contributed by atoms with Gasteiger partial charge >= 0.3 is 5.63 Å². The number of likely N-dealkylation sites (N-methyl/N-ethyl adjacent to an activating group) is 1. The predicted molar refractivity (Wildman–Crippen MR) is 152 cm³/mol. The van der Waals surface area contributed by atoms with E-state index in [1.54, 1.807) is 24.9 Å². The number of ether oxygens (including phenoxy) is 3. The zero-order valence-corrected chi connectivity index (χ0v) is 25.1. The van der Waals surface area contributed by atoms with Crippen LogP contribution in [0.1, 0.15) is 67.9 Å². The summed E-state index contributed by atoms with van der Waals surface area (Å²) in [7, 11) is 1.78. The number of hydrogen-bond acceptors (Lipinski definition) is 8. The maximum atomic E-state index is 11.6. The fourth-order valence-electron chi connectivity index (χ4n) is 3.64. The number of amides is 1. The van der Waals surface area contributed by atoms with Gasteiger partial charge in [0, 0.05) is 12.6 Å². The Bertz CT molecular complexity index is 1260. The maximum Gasteiger partial charge on any atom is 0.342 e. The van der Waals surface area contributed by atoms with Crippen LogP contribution in [0.5, 0.6) is 5.75 Å². The quantitative estimate of drug-likeness (QED) is 0.469. The van der Waals surface area contributed by atoms with Gasteiger partial charge in [0.05, 0.1) is 47.4 Å². The molecule has 1 aromatic heterocycles. The fourth-order valence-corrected chi connectivity index (χ4v) is 3.64. The first-order chi connectivity index (χ1) is 18.2. The van der Waals surface area contributed by atoms with Crippen LogP contribution in [-0.2, 0) is 19.1 Å². The van der Waals surface area contributed by atoms with Crippen molar-refractivity contribution in [1.82, 2.24) is 10.4 Å². The van der Waals surface area contributed by atoms with Crippen LogP contribution in [0.3, 0.4) is 0 Å². The molecule has 0 saturated heterocycles. The minimum Gasteiger partial charge on any atom is -0.493 e. The highest BCUT2D eigenvalue weighted by molar-refractivity contribution is 5.95. The Morgan fingerprint density at radius 3 is 2.00 bits per heavy atom. The van der Waals surface area contributed by atoms with Crippen molar-refractivity contribution in [3.63, 3.8) is 0 Å². The van der Waals surface area contributed by atoms with Crippen molar-refractivity contribution < 1.29 is 28.3 Å². The summed E-state index contributed by atoms with van der Waals surface area (Å²) in [5.41, 5.74) is 5.44. The Morgan fingerprint density at radius 1 is 0.923 bits per heavy atom. The normalized spacial score (nSPS) is 16.9. The van der Waals surface area contributed by atoms with Gasteiger partial charge in [0.2, 0.25) is 0 Å². The molecular formula is C30H44N2O7. The van der Waals surface area contributed by atoms with Gasteiger partial charge in [-0.05, 0) is 81.4 Å². The number of hydrogen-bond donors (Lipinski definition) is 1. The minimum atomic E-state index is -0.339. The van der Waals surface area contributed by atoms with E-state index in [0.29, 0.717) is 29.4 Å². The highest BCUT2D eigenvalue weighted by Gasteiger charge is 2.26. The summed E-state index contributed by atoms with van der Waals surface area (Å²) in [4.78, 5) is 29.6. The molecule has 0 aliphatic carbocycles. The molecule has 1 aromatic carbocycles. The van der Waals surface area contributed by atoms with Crippen molar-refractivity contribution in [2.45, 2.75) is 93.6 Å². The summed E-state index contributed by atoms with van der Waals surface area (Å²) < 4.78 is 21.7. The van der Waals surface area contributed by atoms with Crippen LogP contribution in [0, 0.1) is 6.92 Å². The van der Waals surface area contributed by atoms with Crippen LogP contribution in [0.4, 0.5) is 0 Å². The smallest absolute Gasteiger partial charge is 0.342 e. The highest BCUT2D eigenvalue weighted by Crippen LogP contribution is 2.27. The first-order valence-corrected chi connectivity index (χ1v) is 13.3. The van der Waals surface area contributed by atoms with Crippen molar-refractivity contribution >= 4 is 16.9 Å². The highest BCUT2D eigenvalue weighted by atomic mass is 16.8. The first-order valence-electron chi connectivity index (χ1n) is 13.3. The summed E-state index contributed by atoms with van der Waals surface area (Å²) >= 11 is 0. The van der Waals surface area contributed by atoms with E-state index in [1.165, 1.54) is 0 Å². The molecular weight excluding hydrogens is 500 g/mol. The number of benzene rings is 1. The predicted octanol–water partition coefficient (Wildman–Crippen LogP) is 5.61. The van der Waals surface area contributed by atoms with Crippen molar-refractivity contribution in [3.8, 4) is 5.75 Å². The second kappa shape index (κ2) is 14.1. The number of para-hydroxylation sites is 1. The zero-order chi connectivity index (χ0) is 29.4. The summed E-state index contributed by atoms with van der Waals surface area (Å²) in [6, 6.07) is 7.66. The van der Waals surface area contributed by atoms with E-state index >= 15 is 0 Å². The van der Waals surface area contributed by atoms with Crippen LogP contribution in [0.15, 0.2) is 56.3 Å². The van der Waals surface area contributed by atoms with E-state index in [2.05, 4.69) is 5.48 Å². The topological polar surface area (TPSA) is 99.5 Å². The monoisotopic (exact) mass is 544 g/mol. The van der Waals surface area contributed by atoms with E-state index in [0.717, 1.165) is 22.3 Å². The largest absolute Gasteiger partial charge is 0.493 e. The van der Waals surface area contributed by atoms with Gasteiger partial charge in [-0.15, -0.1) is 5.48 Å². The van der Waals surface area contributed by atoms with Gasteiger partial charge < -0.3 is 28.4 Å². The Balaban J connectivity index is 0.000000210. The molecule has 0 radical (unpaired) electrons. The number of fused-ring (bicyclic) bond motifs is 1. The molecule has 4 rings (SSSR count). The molecule has 9 heteroatoms. The third kappa shape index (κ3) is 8.78. The molecule has 1 atom stereocenters. The number of carbonyl (C=O) groups is 1. The molecule has 3 heterocycles. The first kappa shape index (κ1) is 31.8. The molecule has 2 aromatic rings. The minimum absolute atomic E-state index is 0.0314. The summed E-state index contributed by atoms with van der Waals surface area (Å²) in [5, 5.41) is 0.841. The van der Waals surface area contributed by atoms with Gasteiger partial charge in [-0.25, -0.2) is 4.79 Å². The van der Waals surface area contributed by atoms with E-state index in [9.17, 15) is 9.59 Å². The van der Waals surface area contributed by atoms with Gasteiger partial charge in [0.1, 0.15) is 17.1 Å². The third-order valence-electron chi connectivity index (χ3n) is 5.82. The van der Waals surface area contributed by atoms with Crippen LogP contribution in [-0.4, -0.2) is 48.8 Å². The molecule has 1 unspecified atom stereocenters. The fraction of sp³-hybridized carbons (Fsp3) is 0.533. The van der Waals surface area contributed by atoms with Crippen molar-refractivity contribution in [3.05, 3.63) is 63.1 Å². The number of nitrogens with zero attached hydrogens (tertiary/aromatic N) is 1. The number of carbonyl (C=O) groups excluding carboxylic acids is 1. The molecule has 2 aliphatic rings. The molecule has 2 aliphatic heterocycles. The lowest BCUT2D eigenvalue weighted by atomic mass is 10.1. The number of nitrogens with one attached hydrogen (secondary N) is 1. The maximum absolute atomic E-state index is 11.6. The van der Waals surface area contributed by atoms with E-state index < -0.39 is 0 Å². The second-order valence-electron chi connectivity index (χ2n) is 10.5. The second-order valence-corrected chi connectivity index (χ2v) is 10.5. The SMILES string of the molecule is CC1=C(OC(C)C)CN(C)C1=O.CC1=C(OC(C)C)ONC1C.Cc1c(OC(C)C)c2ccccc2oc1=O. The average Bonchev–Trinajstić information content (AvgIpc) is 3.29. The molecule has 0 spiro atoms. The van der Waals surface area contributed by atoms with E-state index in [1.807, 2.05) is 80.5 Å². The molecule has 0 saturated carbocycles. The summed E-state index contributed by atoms with van der Waals surface area (Å²) in [6.07, 6.45) is 0.352. The average molecular weight is 545 g/mol. The Hall–Kier alpha value is -3.46. The Labute approximate surface area is 231 Å². The molecule has 1 N–H and O–H groups in total. The van der Waals surface area contributed by atoms with E-state index in [4.69, 9.17) is 23.5 Å². The zero-order valence-electron chi connectivity index (χ0n) is 25.1. The molecule has 9 nitrogen and oxygen atoms in total.